The average molecular weight is 371 g/mol. The van der Waals surface area contributed by atoms with Crippen LogP contribution in [0.5, 0.6) is 0 Å². The van der Waals surface area contributed by atoms with Gasteiger partial charge in [0.05, 0.1) is 6.26 Å². The standard InChI is InChI=1S/C19H21N3O3S/c1-26(24,25)22-10-4-9-21(11-12-22)19(23)18-13-16-15-6-3-2-5-14(15)7-8-17(16)20-18/h2-3,5-8,13,20H,4,9-12H2,1H3. The quantitative estimate of drug-likeness (QED) is 0.752. The van der Waals surface area contributed by atoms with Crippen molar-refractivity contribution in [2.45, 2.75) is 6.42 Å². The normalized spacial score (nSPS) is 16.9. The Morgan fingerprint density at radius 3 is 2.62 bits per heavy atom. The van der Waals surface area contributed by atoms with E-state index in [2.05, 4.69) is 17.1 Å². The fourth-order valence-electron chi connectivity index (χ4n) is 3.60. The first kappa shape index (κ1) is 17.1. The molecule has 2 heterocycles. The number of hydrogen-bond donors (Lipinski definition) is 1. The number of H-pyrrole nitrogens is 1. The van der Waals surface area contributed by atoms with Crippen molar-refractivity contribution >= 4 is 37.6 Å². The van der Waals surface area contributed by atoms with Crippen LogP contribution in [0.1, 0.15) is 16.9 Å². The molecule has 0 spiro atoms. The Morgan fingerprint density at radius 2 is 1.81 bits per heavy atom. The van der Waals surface area contributed by atoms with Crippen molar-refractivity contribution in [3.8, 4) is 0 Å². The molecule has 0 atom stereocenters. The summed E-state index contributed by atoms with van der Waals surface area (Å²) in [5.41, 5.74) is 1.48. The average Bonchev–Trinajstić information content (AvgIpc) is 2.89. The van der Waals surface area contributed by atoms with Crippen molar-refractivity contribution in [3.05, 3.63) is 48.2 Å². The van der Waals surface area contributed by atoms with Crippen molar-refractivity contribution in [3.63, 3.8) is 0 Å². The number of benzene rings is 2. The van der Waals surface area contributed by atoms with E-state index in [1.807, 2.05) is 30.3 Å². The van der Waals surface area contributed by atoms with E-state index in [1.165, 1.54) is 10.6 Å². The van der Waals surface area contributed by atoms with Crippen LogP contribution in [0.15, 0.2) is 42.5 Å². The van der Waals surface area contributed by atoms with E-state index in [0.717, 1.165) is 21.7 Å². The number of carbonyl (C=O) groups excluding carboxylic acids is 1. The number of amides is 1. The highest BCUT2D eigenvalue weighted by Gasteiger charge is 2.25. The lowest BCUT2D eigenvalue weighted by molar-refractivity contribution is 0.0759. The van der Waals surface area contributed by atoms with Gasteiger partial charge >= 0.3 is 0 Å². The maximum absolute atomic E-state index is 12.9. The van der Waals surface area contributed by atoms with Gasteiger partial charge in [-0.2, -0.15) is 0 Å². The van der Waals surface area contributed by atoms with Gasteiger partial charge in [-0.15, -0.1) is 0 Å². The first-order chi connectivity index (χ1) is 12.4. The van der Waals surface area contributed by atoms with Crippen LogP contribution in [0.4, 0.5) is 0 Å². The van der Waals surface area contributed by atoms with Crippen LogP contribution >= 0.6 is 0 Å². The van der Waals surface area contributed by atoms with Gasteiger partial charge in [0.1, 0.15) is 5.69 Å². The molecule has 0 bridgehead atoms. The molecule has 0 radical (unpaired) electrons. The fraction of sp³-hybridized carbons (Fsp3) is 0.316. The molecule has 1 fully saturated rings. The second kappa shape index (κ2) is 6.41. The minimum Gasteiger partial charge on any atom is -0.351 e. The first-order valence-corrected chi connectivity index (χ1v) is 10.5. The molecule has 1 aliphatic rings. The van der Waals surface area contributed by atoms with Gasteiger partial charge in [0.25, 0.3) is 5.91 Å². The lowest BCUT2D eigenvalue weighted by atomic mass is 10.1. The van der Waals surface area contributed by atoms with Crippen molar-refractivity contribution in [1.82, 2.24) is 14.2 Å². The molecule has 0 aliphatic carbocycles. The minimum absolute atomic E-state index is 0.0827. The van der Waals surface area contributed by atoms with E-state index in [4.69, 9.17) is 0 Å². The summed E-state index contributed by atoms with van der Waals surface area (Å²) in [6, 6.07) is 14.0. The van der Waals surface area contributed by atoms with Gasteiger partial charge < -0.3 is 9.88 Å². The van der Waals surface area contributed by atoms with Gasteiger partial charge in [0.15, 0.2) is 0 Å². The van der Waals surface area contributed by atoms with Crippen molar-refractivity contribution < 1.29 is 13.2 Å². The van der Waals surface area contributed by atoms with E-state index in [1.54, 1.807) is 4.90 Å². The van der Waals surface area contributed by atoms with Gasteiger partial charge in [0, 0.05) is 37.1 Å². The number of aromatic nitrogens is 1. The Labute approximate surface area is 152 Å². The van der Waals surface area contributed by atoms with E-state index < -0.39 is 10.0 Å². The van der Waals surface area contributed by atoms with Crippen LogP contribution in [0.25, 0.3) is 21.7 Å². The summed E-state index contributed by atoms with van der Waals surface area (Å²) in [7, 11) is -3.22. The largest absolute Gasteiger partial charge is 0.351 e. The van der Waals surface area contributed by atoms with Crippen molar-refractivity contribution in [1.29, 1.82) is 0 Å². The third kappa shape index (κ3) is 3.08. The zero-order valence-electron chi connectivity index (χ0n) is 14.6. The molecule has 6 nitrogen and oxygen atoms in total. The number of hydrogen-bond acceptors (Lipinski definition) is 3. The molecular formula is C19H21N3O3S. The maximum Gasteiger partial charge on any atom is 0.270 e. The molecule has 26 heavy (non-hydrogen) atoms. The zero-order chi connectivity index (χ0) is 18.3. The number of nitrogens with one attached hydrogen (secondary N) is 1. The van der Waals surface area contributed by atoms with Gasteiger partial charge in [-0.1, -0.05) is 30.3 Å². The molecular weight excluding hydrogens is 350 g/mol. The van der Waals surface area contributed by atoms with E-state index in [0.29, 0.717) is 38.3 Å². The molecule has 3 aromatic rings. The third-order valence-electron chi connectivity index (χ3n) is 4.97. The van der Waals surface area contributed by atoms with Crippen LogP contribution in [-0.4, -0.2) is 60.9 Å². The fourth-order valence-corrected chi connectivity index (χ4v) is 4.47. The van der Waals surface area contributed by atoms with Crippen LogP contribution in [-0.2, 0) is 10.0 Å². The lowest BCUT2D eigenvalue weighted by Crippen LogP contribution is -2.37. The molecule has 0 saturated carbocycles. The van der Waals surface area contributed by atoms with Gasteiger partial charge in [-0.3, -0.25) is 4.79 Å². The zero-order valence-corrected chi connectivity index (χ0v) is 15.4. The molecule has 1 N–H and O–H groups in total. The first-order valence-electron chi connectivity index (χ1n) is 8.68. The number of aromatic amines is 1. The molecule has 2 aromatic carbocycles. The monoisotopic (exact) mass is 371 g/mol. The number of nitrogens with zero attached hydrogens (tertiary/aromatic N) is 2. The van der Waals surface area contributed by atoms with Crippen LogP contribution in [0, 0.1) is 0 Å². The Balaban J connectivity index is 1.63. The molecule has 4 rings (SSSR count). The molecule has 0 unspecified atom stereocenters. The summed E-state index contributed by atoms with van der Waals surface area (Å²) in [5.74, 6) is -0.0827. The summed E-state index contributed by atoms with van der Waals surface area (Å²) >= 11 is 0. The Bertz CT molecular complexity index is 1090. The summed E-state index contributed by atoms with van der Waals surface area (Å²) in [5, 5.41) is 3.27. The SMILES string of the molecule is CS(=O)(=O)N1CCCN(C(=O)c2cc3c(ccc4ccccc43)[nH]2)CC1. The van der Waals surface area contributed by atoms with Gasteiger partial charge in [-0.05, 0) is 29.3 Å². The van der Waals surface area contributed by atoms with Crippen molar-refractivity contribution in [2.75, 3.05) is 32.4 Å². The number of sulfonamides is 1. The smallest absolute Gasteiger partial charge is 0.270 e. The Kier molecular flexibility index (Phi) is 4.20. The highest BCUT2D eigenvalue weighted by molar-refractivity contribution is 7.88. The summed E-state index contributed by atoms with van der Waals surface area (Å²) in [4.78, 5) is 17.9. The van der Waals surface area contributed by atoms with Crippen molar-refractivity contribution in [2.24, 2.45) is 0 Å². The Morgan fingerprint density at radius 1 is 1.00 bits per heavy atom. The highest BCUT2D eigenvalue weighted by Crippen LogP contribution is 2.26. The highest BCUT2D eigenvalue weighted by atomic mass is 32.2. The summed E-state index contributed by atoms with van der Waals surface area (Å²) in [6.07, 6.45) is 1.86. The molecule has 1 saturated heterocycles. The minimum atomic E-state index is -3.22. The Hall–Kier alpha value is -2.38. The van der Waals surface area contributed by atoms with Crippen LogP contribution in [0.2, 0.25) is 0 Å². The third-order valence-corrected chi connectivity index (χ3v) is 6.27. The number of carbonyl (C=O) groups is 1. The molecule has 1 aliphatic heterocycles. The second-order valence-electron chi connectivity index (χ2n) is 6.74. The topological polar surface area (TPSA) is 73.5 Å². The predicted octanol–water partition coefficient (Wildman–Crippen LogP) is 2.43. The molecule has 1 amide bonds. The van der Waals surface area contributed by atoms with Gasteiger partial charge in [0.2, 0.25) is 10.0 Å². The summed E-state index contributed by atoms with van der Waals surface area (Å²) < 4.78 is 24.9. The lowest BCUT2D eigenvalue weighted by Gasteiger charge is -2.20. The maximum atomic E-state index is 12.9. The molecule has 1 aromatic heterocycles. The van der Waals surface area contributed by atoms with Crippen LogP contribution in [0.3, 0.4) is 0 Å². The summed E-state index contributed by atoms with van der Waals surface area (Å²) in [6.45, 7) is 1.76. The van der Waals surface area contributed by atoms with E-state index >= 15 is 0 Å². The number of fused-ring (bicyclic) bond motifs is 3. The van der Waals surface area contributed by atoms with Crippen LogP contribution < -0.4 is 0 Å². The van der Waals surface area contributed by atoms with E-state index in [-0.39, 0.29) is 5.91 Å². The second-order valence-corrected chi connectivity index (χ2v) is 8.72. The van der Waals surface area contributed by atoms with Gasteiger partial charge in [-0.25, -0.2) is 12.7 Å². The number of rotatable bonds is 2. The molecule has 7 heteroatoms. The predicted molar refractivity (Wildman–Crippen MR) is 103 cm³/mol. The van der Waals surface area contributed by atoms with E-state index in [9.17, 15) is 13.2 Å². The molecule has 136 valence electrons.